The Morgan fingerprint density at radius 2 is 0.929 bits per heavy atom. The zero-order chi connectivity index (χ0) is 19.3. The van der Waals surface area contributed by atoms with Gasteiger partial charge in [0.25, 0.3) is 11.8 Å². The molecule has 0 saturated carbocycles. The lowest BCUT2D eigenvalue weighted by Gasteiger charge is -2.32. The average Bonchev–Trinajstić information content (AvgIpc) is 2.76. The van der Waals surface area contributed by atoms with Crippen LogP contribution in [0, 0.1) is 0 Å². The summed E-state index contributed by atoms with van der Waals surface area (Å²) in [6.45, 7) is 0. The highest BCUT2D eigenvalue weighted by Gasteiger charge is 2.29. The highest BCUT2D eigenvalue weighted by Crippen LogP contribution is 2.36. The van der Waals surface area contributed by atoms with Crippen molar-refractivity contribution in [2.45, 2.75) is 24.9 Å². The van der Waals surface area contributed by atoms with Gasteiger partial charge < -0.3 is 10.6 Å². The summed E-state index contributed by atoms with van der Waals surface area (Å²) in [6.07, 6.45) is 1.55. The Morgan fingerprint density at radius 1 is 0.571 bits per heavy atom. The third-order valence-electron chi connectivity index (χ3n) is 5.17. The van der Waals surface area contributed by atoms with Crippen molar-refractivity contribution >= 4 is 11.8 Å². The zero-order valence-corrected chi connectivity index (χ0v) is 15.5. The van der Waals surface area contributed by atoms with Crippen LogP contribution in [-0.4, -0.2) is 11.8 Å². The predicted octanol–water partition coefficient (Wildman–Crippen LogP) is 4.42. The van der Waals surface area contributed by atoms with Crippen molar-refractivity contribution in [3.05, 3.63) is 107 Å². The molecule has 28 heavy (non-hydrogen) atoms. The van der Waals surface area contributed by atoms with E-state index in [1.807, 2.05) is 84.9 Å². The lowest BCUT2D eigenvalue weighted by molar-refractivity contribution is 0.0907. The standard InChI is InChI=1S/C24H22N2O2/c27-23(17-9-3-1-4-10-17)25-21-15-16-22(20-14-8-7-13-19(20)21)26-24(28)18-11-5-2-6-12-18/h1-14,21-22H,15-16H2,(H,25,27)(H,26,28). The number of benzene rings is 3. The lowest BCUT2D eigenvalue weighted by Crippen LogP contribution is -2.36. The minimum absolute atomic E-state index is 0.0613. The third kappa shape index (κ3) is 3.81. The molecule has 0 aliphatic heterocycles. The van der Waals surface area contributed by atoms with Crippen LogP contribution in [0.1, 0.15) is 56.8 Å². The Kier molecular flexibility index (Phi) is 5.20. The van der Waals surface area contributed by atoms with E-state index >= 15 is 0 Å². The third-order valence-corrected chi connectivity index (χ3v) is 5.17. The highest BCUT2D eigenvalue weighted by molar-refractivity contribution is 5.95. The van der Waals surface area contributed by atoms with Crippen LogP contribution >= 0.6 is 0 Å². The summed E-state index contributed by atoms with van der Waals surface area (Å²) in [5.41, 5.74) is 3.44. The fourth-order valence-corrected chi connectivity index (χ4v) is 3.75. The number of hydrogen-bond donors (Lipinski definition) is 2. The van der Waals surface area contributed by atoms with Gasteiger partial charge in [0, 0.05) is 11.1 Å². The Balaban J connectivity index is 1.52. The number of hydrogen-bond acceptors (Lipinski definition) is 2. The molecule has 3 aromatic carbocycles. The molecule has 4 nitrogen and oxygen atoms in total. The summed E-state index contributed by atoms with van der Waals surface area (Å²) in [5, 5.41) is 6.29. The van der Waals surface area contributed by atoms with E-state index in [9.17, 15) is 9.59 Å². The van der Waals surface area contributed by atoms with Crippen molar-refractivity contribution in [3.8, 4) is 0 Å². The first kappa shape index (κ1) is 18.0. The van der Waals surface area contributed by atoms with Gasteiger partial charge in [-0.3, -0.25) is 9.59 Å². The Labute approximate surface area is 164 Å². The van der Waals surface area contributed by atoms with Crippen LogP contribution in [0.4, 0.5) is 0 Å². The first-order valence-electron chi connectivity index (χ1n) is 9.53. The SMILES string of the molecule is O=C(NC1CCC(NC(=O)c2ccccc2)c2ccccc21)c1ccccc1. The van der Waals surface area contributed by atoms with E-state index in [0.717, 1.165) is 24.0 Å². The molecule has 0 heterocycles. The molecule has 4 heteroatoms. The van der Waals surface area contributed by atoms with Gasteiger partial charge in [-0.05, 0) is 48.2 Å². The first-order valence-corrected chi connectivity index (χ1v) is 9.53. The summed E-state index contributed by atoms with van der Waals surface area (Å²) in [5.74, 6) is -0.153. The average molecular weight is 370 g/mol. The van der Waals surface area contributed by atoms with Gasteiger partial charge in [0.2, 0.25) is 0 Å². The summed E-state index contributed by atoms with van der Waals surface area (Å²) in [6, 6.07) is 26.4. The van der Waals surface area contributed by atoms with Crippen LogP contribution in [0.2, 0.25) is 0 Å². The Bertz CT molecular complexity index is 890. The minimum Gasteiger partial charge on any atom is -0.345 e. The van der Waals surface area contributed by atoms with Gasteiger partial charge in [0.05, 0.1) is 12.1 Å². The molecule has 2 amide bonds. The Morgan fingerprint density at radius 3 is 1.32 bits per heavy atom. The van der Waals surface area contributed by atoms with Crippen molar-refractivity contribution < 1.29 is 9.59 Å². The molecule has 1 aliphatic carbocycles. The minimum atomic E-state index is -0.0767. The molecule has 0 spiro atoms. The Hall–Kier alpha value is -3.40. The van der Waals surface area contributed by atoms with Crippen molar-refractivity contribution in [3.63, 3.8) is 0 Å². The molecule has 0 aromatic heterocycles. The van der Waals surface area contributed by atoms with Gasteiger partial charge in [-0.1, -0.05) is 60.7 Å². The van der Waals surface area contributed by atoms with Gasteiger partial charge in [-0.15, -0.1) is 0 Å². The zero-order valence-electron chi connectivity index (χ0n) is 15.5. The normalized spacial score (nSPS) is 18.0. The second kappa shape index (κ2) is 8.09. The van der Waals surface area contributed by atoms with E-state index in [4.69, 9.17) is 0 Å². The maximum absolute atomic E-state index is 12.6. The van der Waals surface area contributed by atoms with Crippen LogP contribution < -0.4 is 10.6 Å². The number of carbonyl (C=O) groups excluding carboxylic acids is 2. The van der Waals surface area contributed by atoms with Crippen molar-refractivity contribution in [1.82, 2.24) is 10.6 Å². The van der Waals surface area contributed by atoms with Crippen molar-refractivity contribution in [2.75, 3.05) is 0 Å². The molecule has 2 N–H and O–H groups in total. The summed E-state index contributed by atoms with van der Waals surface area (Å²) >= 11 is 0. The monoisotopic (exact) mass is 370 g/mol. The topological polar surface area (TPSA) is 58.2 Å². The molecule has 0 fully saturated rings. The van der Waals surface area contributed by atoms with Gasteiger partial charge in [0.1, 0.15) is 0 Å². The molecule has 1 aliphatic rings. The molecule has 140 valence electrons. The largest absolute Gasteiger partial charge is 0.345 e. The van der Waals surface area contributed by atoms with Crippen LogP contribution in [0.25, 0.3) is 0 Å². The fraction of sp³-hybridized carbons (Fsp3) is 0.167. The van der Waals surface area contributed by atoms with Crippen LogP contribution in [-0.2, 0) is 0 Å². The predicted molar refractivity (Wildman–Crippen MR) is 109 cm³/mol. The summed E-state index contributed by atoms with van der Waals surface area (Å²) in [7, 11) is 0. The second-order valence-electron chi connectivity index (χ2n) is 6.99. The van der Waals surface area contributed by atoms with E-state index in [0.29, 0.717) is 11.1 Å². The molecule has 0 bridgehead atoms. The molecule has 2 atom stereocenters. The highest BCUT2D eigenvalue weighted by atomic mass is 16.2. The molecule has 4 rings (SSSR count). The quantitative estimate of drug-likeness (QED) is 0.714. The first-order chi connectivity index (χ1) is 13.7. The van der Waals surface area contributed by atoms with Gasteiger partial charge >= 0.3 is 0 Å². The lowest BCUT2D eigenvalue weighted by atomic mass is 9.84. The van der Waals surface area contributed by atoms with Crippen LogP contribution in [0.3, 0.4) is 0 Å². The van der Waals surface area contributed by atoms with Crippen molar-refractivity contribution in [1.29, 1.82) is 0 Å². The maximum atomic E-state index is 12.6. The molecule has 0 saturated heterocycles. The molecule has 3 aromatic rings. The molecular weight excluding hydrogens is 348 g/mol. The maximum Gasteiger partial charge on any atom is 0.251 e. The fourth-order valence-electron chi connectivity index (χ4n) is 3.75. The second-order valence-corrected chi connectivity index (χ2v) is 6.99. The van der Waals surface area contributed by atoms with Crippen LogP contribution in [0.5, 0.6) is 0 Å². The van der Waals surface area contributed by atoms with Crippen LogP contribution in [0.15, 0.2) is 84.9 Å². The van der Waals surface area contributed by atoms with Gasteiger partial charge in [0.15, 0.2) is 0 Å². The smallest absolute Gasteiger partial charge is 0.251 e. The number of nitrogens with one attached hydrogen (secondary N) is 2. The van der Waals surface area contributed by atoms with E-state index in [1.54, 1.807) is 0 Å². The number of fused-ring (bicyclic) bond motifs is 1. The van der Waals surface area contributed by atoms with E-state index in [-0.39, 0.29) is 23.9 Å². The van der Waals surface area contributed by atoms with Crippen molar-refractivity contribution in [2.24, 2.45) is 0 Å². The number of amides is 2. The van der Waals surface area contributed by atoms with E-state index in [1.165, 1.54) is 0 Å². The number of rotatable bonds is 4. The summed E-state index contributed by atoms with van der Waals surface area (Å²) in [4.78, 5) is 25.2. The van der Waals surface area contributed by atoms with E-state index < -0.39 is 0 Å². The molecule has 2 unspecified atom stereocenters. The molecule has 0 radical (unpaired) electrons. The van der Waals surface area contributed by atoms with E-state index in [2.05, 4.69) is 10.6 Å². The number of carbonyl (C=O) groups is 2. The van der Waals surface area contributed by atoms with Gasteiger partial charge in [-0.25, -0.2) is 0 Å². The summed E-state index contributed by atoms with van der Waals surface area (Å²) < 4.78 is 0. The molecular formula is C24H22N2O2. The van der Waals surface area contributed by atoms with Gasteiger partial charge in [-0.2, -0.15) is 0 Å².